The zero-order valence-corrected chi connectivity index (χ0v) is 18.7. The average molecular weight is 445 g/mol. The second-order valence-corrected chi connectivity index (χ2v) is 8.51. The van der Waals surface area contributed by atoms with Crippen molar-refractivity contribution >= 4 is 11.1 Å². The third-order valence-electron chi connectivity index (χ3n) is 6.37. The van der Waals surface area contributed by atoms with E-state index in [1.54, 1.807) is 6.20 Å². The van der Waals surface area contributed by atoms with Crippen molar-refractivity contribution in [2.24, 2.45) is 5.92 Å². The van der Waals surface area contributed by atoms with Crippen LogP contribution in [0.25, 0.3) is 22.2 Å². The third-order valence-corrected chi connectivity index (χ3v) is 6.37. The van der Waals surface area contributed by atoms with Crippen molar-refractivity contribution in [2.75, 3.05) is 26.4 Å². The first-order valence-electron chi connectivity index (χ1n) is 11.7. The summed E-state index contributed by atoms with van der Waals surface area (Å²) in [6.45, 7) is 2.67. The zero-order chi connectivity index (χ0) is 22.5. The highest BCUT2D eigenvalue weighted by atomic mass is 16.5. The van der Waals surface area contributed by atoms with Crippen LogP contribution in [0.4, 0.5) is 0 Å². The number of hydrogen-bond acceptors (Lipinski definition) is 6. The second kappa shape index (κ2) is 10.2. The number of ether oxygens (including phenoxy) is 3. The van der Waals surface area contributed by atoms with Gasteiger partial charge in [-0.1, -0.05) is 18.2 Å². The van der Waals surface area contributed by atoms with Crippen LogP contribution in [-0.4, -0.2) is 47.1 Å². The van der Waals surface area contributed by atoms with E-state index < -0.39 is 0 Å². The highest BCUT2D eigenvalue weighted by Crippen LogP contribution is 2.35. The fraction of sp³-hybridized carbons (Fsp3) is 0.423. The van der Waals surface area contributed by atoms with Gasteiger partial charge in [0.25, 0.3) is 0 Å². The van der Waals surface area contributed by atoms with Gasteiger partial charge in [0.05, 0.1) is 42.1 Å². The van der Waals surface area contributed by atoms with Crippen molar-refractivity contribution in [1.29, 1.82) is 5.26 Å². The summed E-state index contributed by atoms with van der Waals surface area (Å²) in [4.78, 5) is 4.69. The van der Waals surface area contributed by atoms with Gasteiger partial charge in [-0.05, 0) is 55.4 Å². The predicted molar refractivity (Wildman–Crippen MR) is 125 cm³/mol. The van der Waals surface area contributed by atoms with E-state index in [0.29, 0.717) is 13.2 Å². The number of allylic oxidation sites excluding steroid dienone is 2. The van der Waals surface area contributed by atoms with Crippen molar-refractivity contribution in [1.82, 2.24) is 14.6 Å². The van der Waals surface area contributed by atoms with Gasteiger partial charge in [0.1, 0.15) is 12.4 Å². The highest BCUT2D eigenvalue weighted by molar-refractivity contribution is 5.88. The van der Waals surface area contributed by atoms with Gasteiger partial charge in [0.2, 0.25) is 0 Å². The number of benzene rings is 1. The molecule has 1 atom stereocenters. The van der Waals surface area contributed by atoms with E-state index in [1.807, 2.05) is 29.0 Å². The van der Waals surface area contributed by atoms with Crippen LogP contribution in [0.2, 0.25) is 0 Å². The quantitative estimate of drug-likeness (QED) is 0.492. The number of aromatic nitrogens is 3. The van der Waals surface area contributed by atoms with E-state index in [0.717, 1.165) is 73.4 Å². The van der Waals surface area contributed by atoms with Crippen LogP contribution in [0.3, 0.4) is 0 Å². The molecule has 0 saturated carbocycles. The van der Waals surface area contributed by atoms with Gasteiger partial charge in [0.15, 0.2) is 0 Å². The summed E-state index contributed by atoms with van der Waals surface area (Å²) >= 11 is 0. The Morgan fingerprint density at radius 1 is 1.12 bits per heavy atom. The molecule has 1 aromatic carbocycles. The molecule has 33 heavy (non-hydrogen) atoms. The molecular formula is C26H28N4O3. The molecule has 7 heteroatoms. The van der Waals surface area contributed by atoms with Crippen molar-refractivity contribution < 1.29 is 14.2 Å². The summed E-state index contributed by atoms with van der Waals surface area (Å²) in [5.74, 6) is 0.925. The minimum atomic E-state index is 0.104. The highest BCUT2D eigenvalue weighted by Gasteiger charge is 2.20. The number of fused-ring (bicyclic) bond motifs is 1. The van der Waals surface area contributed by atoms with Gasteiger partial charge in [-0.2, -0.15) is 10.4 Å². The fourth-order valence-electron chi connectivity index (χ4n) is 4.50. The Bertz CT molecular complexity index is 1160. The van der Waals surface area contributed by atoms with E-state index in [2.05, 4.69) is 34.4 Å². The minimum absolute atomic E-state index is 0.104. The van der Waals surface area contributed by atoms with Crippen molar-refractivity contribution in [3.05, 3.63) is 54.6 Å². The molecule has 0 bridgehead atoms. The summed E-state index contributed by atoms with van der Waals surface area (Å²) in [6, 6.07) is 10.5. The van der Waals surface area contributed by atoms with Gasteiger partial charge >= 0.3 is 0 Å². The molecule has 2 aliphatic rings. The summed E-state index contributed by atoms with van der Waals surface area (Å²) in [5, 5.41) is 13.7. The van der Waals surface area contributed by atoms with Gasteiger partial charge in [-0.15, -0.1) is 0 Å². The van der Waals surface area contributed by atoms with Gasteiger partial charge in [0, 0.05) is 31.2 Å². The zero-order valence-electron chi connectivity index (χ0n) is 18.7. The Morgan fingerprint density at radius 3 is 2.73 bits per heavy atom. The van der Waals surface area contributed by atoms with Crippen LogP contribution in [0.1, 0.15) is 37.8 Å². The first kappa shape index (κ1) is 21.6. The molecule has 0 radical (unpaired) electrons. The Kier molecular flexibility index (Phi) is 6.66. The third kappa shape index (κ3) is 4.92. The standard InChI is InChI=1S/C26H28N4O3/c27-17-19-1-3-21(4-2-19)25-26-24(18-29-30(26)12-11-28-25)20-5-7-22(8-6-20)32-15-16-33-23-9-13-31-14-10-23/h3,5-8,11-12,18-19,23H,1-2,4,9-10,13-16H2. The van der Waals surface area contributed by atoms with Gasteiger partial charge in [-0.25, -0.2) is 4.52 Å². The molecular weight excluding hydrogens is 416 g/mol. The summed E-state index contributed by atoms with van der Waals surface area (Å²) in [7, 11) is 0. The Morgan fingerprint density at radius 2 is 1.97 bits per heavy atom. The Balaban J connectivity index is 1.28. The topological polar surface area (TPSA) is 81.7 Å². The molecule has 1 fully saturated rings. The summed E-state index contributed by atoms with van der Waals surface area (Å²) < 4.78 is 19.0. The SMILES string of the molecule is N#CC1CC=C(c2nccn3ncc(-c4ccc(OCCOC5CCOCC5)cc4)c23)CC1. The monoisotopic (exact) mass is 444 g/mol. The molecule has 1 unspecified atom stereocenters. The fourth-order valence-corrected chi connectivity index (χ4v) is 4.50. The first-order valence-corrected chi connectivity index (χ1v) is 11.7. The van der Waals surface area contributed by atoms with E-state index in [9.17, 15) is 5.26 Å². The molecule has 7 nitrogen and oxygen atoms in total. The van der Waals surface area contributed by atoms with Crippen LogP contribution in [0.5, 0.6) is 5.75 Å². The van der Waals surface area contributed by atoms with E-state index >= 15 is 0 Å². The van der Waals surface area contributed by atoms with E-state index in [1.165, 1.54) is 5.57 Å². The molecule has 1 aliphatic heterocycles. The van der Waals surface area contributed by atoms with Crippen LogP contribution >= 0.6 is 0 Å². The van der Waals surface area contributed by atoms with Gasteiger partial charge in [-0.3, -0.25) is 4.98 Å². The normalized spacial score (nSPS) is 19.2. The Labute approximate surface area is 193 Å². The molecule has 2 aromatic heterocycles. The van der Waals surface area contributed by atoms with Crippen LogP contribution in [0, 0.1) is 17.2 Å². The van der Waals surface area contributed by atoms with E-state index in [-0.39, 0.29) is 12.0 Å². The predicted octanol–water partition coefficient (Wildman–Crippen LogP) is 4.68. The minimum Gasteiger partial charge on any atom is -0.491 e. The maximum Gasteiger partial charge on any atom is 0.119 e. The van der Waals surface area contributed by atoms with Crippen LogP contribution in [0.15, 0.2) is 48.9 Å². The van der Waals surface area contributed by atoms with Crippen molar-refractivity contribution in [3.8, 4) is 22.9 Å². The van der Waals surface area contributed by atoms with Crippen LogP contribution < -0.4 is 4.74 Å². The van der Waals surface area contributed by atoms with Crippen LogP contribution in [-0.2, 0) is 9.47 Å². The molecule has 3 heterocycles. The number of rotatable bonds is 7. The largest absolute Gasteiger partial charge is 0.491 e. The van der Waals surface area contributed by atoms with E-state index in [4.69, 9.17) is 14.2 Å². The molecule has 0 amide bonds. The molecule has 0 spiro atoms. The number of hydrogen-bond donors (Lipinski definition) is 0. The lowest BCUT2D eigenvalue weighted by Crippen LogP contribution is -2.25. The molecule has 0 N–H and O–H groups in total. The smallest absolute Gasteiger partial charge is 0.119 e. The lowest BCUT2D eigenvalue weighted by Gasteiger charge is -2.22. The van der Waals surface area contributed by atoms with Crippen molar-refractivity contribution in [3.63, 3.8) is 0 Å². The average Bonchev–Trinajstić information content (AvgIpc) is 3.32. The molecule has 170 valence electrons. The Hall–Kier alpha value is -3.21. The molecule has 1 saturated heterocycles. The lowest BCUT2D eigenvalue weighted by atomic mass is 9.88. The molecule has 3 aromatic rings. The molecule has 1 aliphatic carbocycles. The first-order chi connectivity index (χ1) is 16.3. The van der Waals surface area contributed by atoms with Gasteiger partial charge < -0.3 is 14.2 Å². The number of nitriles is 1. The lowest BCUT2D eigenvalue weighted by molar-refractivity contribution is -0.0388. The summed E-state index contributed by atoms with van der Waals surface area (Å²) in [6.07, 6.45) is 12.4. The number of nitrogens with zero attached hydrogens (tertiary/aromatic N) is 4. The van der Waals surface area contributed by atoms with Crippen molar-refractivity contribution in [2.45, 2.75) is 38.2 Å². The molecule has 5 rings (SSSR count). The maximum absolute atomic E-state index is 9.20. The maximum atomic E-state index is 9.20. The summed E-state index contributed by atoms with van der Waals surface area (Å²) in [5.41, 5.74) is 5.25. The second-order valence-electron chi connectivity index (χ2n) is 8.51.